The molecule has 4 N–H and O–H groups in total. The van der Waals surface area contributed by atoms with Crippen molar-refractivity contribution in [1.82, 2.24) is 0 Å². The number of carbonyl (C=O) groups excluding carboxylic acids is 2. The maximum atomic E-state index is 13.2. The monoisotopic (exact) mass is 505 g/mol. The lowest BCUT2D eigenvalue weighted by Gasteiger charge is -2.34. The molecule has 8 nitrogen and oxygen atoms in total. The number of ether oxygens (including phenoxy) is 3. The summed E-state index contributed by atoms with van der Waals surface area (Å²) >= 11 is 0. The van der Waals surface area contributed by atoms with Gasteiger partial charge in [0.25, 0.3) is 0 Å². The van der Waals surface area contributed by atoms with E-state index in [0.717, 1.165) is 0 Å². The van der Waals surface area contributed by atoms with Crippen molar-refractivity contribution in [2.45, 2.75) is 97.7 Å². The molecule has 0 aromatic heterocycles. The molecule has 202 valence electrons. The molecule has 0 spiro atoms. The molecule has 0 aliphatic carbocycles. The Kier molecular flexibility index (Phi) is 9.73. The molecule has 0 aromatic carbocycles. The summed E-state index contributed by atoms with van der Waals surface area (Å²) in [4.78, 5) is 26.1. The van der Waals surface area contributed by atoms with Gasteiger partial charge in [-0.2, -0.15) is 0 Å². The number of esters is 1. The lowest BCUT2D eigenvalue weighted by Crippen LogP contribution is -2.45. The smallest absolute Gasteiger partial charge is 0.309 e. The molecule has 0 saturated carbocycles. The summed E-state index contributed by atoms with van der Waals surface area (Å²) < 4.78 is 17.0. The largest absolute Gasteiger partial charge is 0.468 e. The standard InChI is InChI=1S/C28H43NO7/c1-16(2)34-15-20(29)12-18(4)21-13-23-28(8,36-23)11-9-10-17(3)25(32)19(5)26(33)27(6,7)22(30)14-24(31)35-21/h9-10,12,15,17,19,21-23,25,30,32H,1,11,13-14,29H2,2-8H3/b10-9+,18-12+,20-15-/t17-,19+,21-,22-,23?,25-,28?/m0/s1. The summed E-state index contributed by atoms with van der Waals surface area (Å²) in [6, 6.07) is 0. The Morgan fingerprint density at radius 3 is 2.47 bits per heavy atom. The Morgan fingerprint density at radius 1 is 1.22 bits per heavy atom. The molecule has 0 radical (unpaired) electrons. The Morgan fingerprint density at radius 2 is 1.86 bits per heavy atom. The lowest BCUT2D eigenvalue weighted by molar-refractivity contribution is -0.154. The summed E-state index contributed by atoms with van der Waals surface area (Å²) in [7, 11) is 0. The van der Waals surface area contributed by atoms with E-state index < -0.39 is 41.2 Å². The van der Waals surface area contributed by atoms with Crippen LogP contribution in [0.1, 0.15) is 67.7 Å². The fourth-order valence-electron chi connectivity index (χ4n) is 4.46. The van der Waals surface area contributed by atoms with E-state index in [9.17, 15) is 19.8 Å². The van der Waals surface area contributed by atoms with Crippen LogP contribution in [0, 0.1) is 17.3 Å². The van der Waals surface area contributed by atoms with E-state index in [1.807, 2.05) is 26.0 Å². The first-order valence-electron chi connectivity index (χ1n) is 12.5. The number of hydrogen-bond donors (Lipinski definition) is 3. The van der Waals surface area contributed by atoms with Crippen LogP contribution in [0.5, 0.6) is 0 Å². The zero-order valence-corrected chi connectivity index (χ0v) is 22.6. The van der Waals surface area contributed by atoms with Crippen molar-refractivity contribution >= 4 is 11.8 Å². The van der Waals surface area contributed by atoms with Crippen LogP contribution in [0.3, 0.4) is 0 Å². The molecule has 0 bridgehead atoms. The highest BCUT2D eigenvalue weighted by Gasteiger charge is 2.52. The van der Waals surface area contributed by atoms with E-state index in [1.54, 1.807) is 40.7 Å². The maximum absolute atomic E-state index is 13.2. The molecule has 2 unspecified atom stereocenters. The van der Waals surface area contributed by atoms with Crippen molar-refractivity contribution < 1.29 is 34.0 Å². The van der Waals surface area contributed by atoms with E-state index in [1.165, 1.54) is 6.26 Å². The van der Waals surface area contributed by atoms with Gasteiger partial charge in [0.05, 0.1) is 47.2 Å². The molecule has 2 aliphatic rings. The number of aliphatic hydroxyl groups is 2. The van der Waals surface area contributed by atoms with Gasteiger partial charge in [-0.1, -0.05) is 46.4 Å². The molecular formula is C28H43NO7. The first-order chi connectivity index (χ1) is 16.6. The van der Waals surface area contributed by atoms with Gasteiger partial charge in [0.15, 0.2) is 0 Å². The van der Waals surface area contributed by atoms with Crippen molar-refractivity contribution in [3.05, 3.63) is 48.1 Å². The SMILES string of the molecule is C=C(C)O/C=C(N)/C=C(\C)[C@@H]1CC2OC2(C)C/C=C/[C@H](C)[C@H](O)[C@@H](C)C(=O)C(C)(C)[C@@H](O)CC(=O)O1. The molecule has 0 aromatic rings. The van der Waals surface area contributed by atoms with Crippen LogP contribution in [0.25, 0.3) is 0 Å². The summed E-state index contributed by atoms with van der Waals surface area (Å²) in [6.45, 7) is 15.8. The highest BCUT2D eigenvalue weighted by Crippen LogP contribution is 2.44. The minimum atomic E-state index is -1.28. The third-order valence-electron chi connectivity index (χ3n) is 7.29. The first-order valence-corrected chi connectivity index (χ1v) is 12.5. The third-order valence-corrected chi connectivity index (χ3v) is 7.29. The molecule has 2 aliphatic heterocycles. The summed E-state index contributed by atoms with van der Waals surface area (Å²) in [5.74, 6) is -1.48. The molecule has 0 amide bonds. The second-order valence-corrected chi connectivity index (χ2v) is 11.0. The molecule has 2 rings (SSSR count). The molecule has 1 fully saturated rings. The summed E-state index contributed by atoms with van der Waals surface area (Å²) in [6.07, 6.45) is 4.50. The number of allylic oxidation sites excluding steroid dienone is 2. The van der Waals surface area contributed by atoms with E-state index in [0.29, 0.717) is 29.9 Å². The number of carbonyl (C=O) groups is 2. The number of rotatable bonds is 4. The number of epoxide rings is 1. The lowest BCUT2D eigenvalue weighted by atomic mass is 9.73. The van der Waals surface area contributed by atoms with Crippen LogP contribution < -0.4 is 5.73 Å². The predicted octanol–water partition coefficient (Wildman–Crippen LogP) is 3.68. The number of aliphatic hydroxyl groups excluding tert-OH is 2. The van der Waals surface area contributed by atoms with Crippen molar-refractivity contribution in [3.63, 3.8) is 0 Å². The fourth-order valence-corrected chi connectivity index (χ4v) is 4.46. The second-order valence-electron chi connectivity index (χ2n) is 11.0. The Labute approximate surface area is 214 Å². The van der Waals surface area contributed by atoms with E-state index >= 15 is 0 Å². The van der Waals surface area contributed by atoms with Gasteiger partial charge >= 0.3 is 5.97 Å². The van der Waals surface area contributed by atoms with E-state index in [2.05, 4.69) is 6.58 Å². The number of hydrogen-bond acceptors (Lipinski definition) is 8. The Hall–Kier alpha value is -2.42. The van der Waals surface area contributed by atoms with Crippen molar-refractivity contribution in [2.75, 3.05) is 0 Å². The third kappa shape index (κ3) is 7.54. The van der Waals surface area contributed by atoms with E-state index in [-0.39, 0.29) is 24.2 Å². The highest BCUT2D eigenvalue weighted by molar-refractivity contribution is 5.88. The molecule has 2 heterocycles. The zero-order valence-electron chi connectivity index (χ0n) is 22.6. The molecule has 36 heavy (non-hydrogen) atoms. The second kappa shape index (κ2) is 11.8. The van der Waals surface area contributed by atoms with Gasteiger partial charge in [0.1, 0.15) is 18.1 Å². The average molecular weight is 506 g/mol. The fraction of sp³-hybridized carbons (Fsp3) is 0.643. The van der Waals surface area contributed by atoms with Gasteiger partial charge < -0.3 is 30.2 Å². The maximum Gasteiger partial charge on any atom is 0.309 e. The molecule has 7 atom stereocenters. The quantitative estimate of drug-likeness (QED) is 0.173. The minimum absolute atomic E-state index is 0.157. The normalized spacial score (nSPS) is 37.5. The number of Topliss-reactive ketones (excluding diaryl/α,β-unsaturated/α-hetero) is 1. The predicted molar refractivity (Wildman–Crippen MR) is 137 cm³/mol. The topological polar surface area (TPSA) is 132 Å². The van der Waals surface area contributed by atoms with E-state index in [4.69, 9.17) is 19.9 Å². The highest BCUT2D eigenvalue weighted by atomic mass is 16.6. The molecule has 1 saturated heterocycles. The molecule has 8 heteroatoms. The van der Waals surface area contributed by atoms with Gasteiger partial charge in [-0.3, -0.25) is 9.59 Å². The van der Waals surface area contributed by atoms with Gasteiger partial charge in [-0.25, -0.2) is 0 Å². The van der Waals surface area contributed by atoms with Gasteiger partial charge in [-0.15, -0.1) is 0 Å². The summed E-state index contributed by atoms with van der Waals surface area (Å²) in [5.41, 5.74) is 5.35. The van der Waals surface area contributed by atoms with Gasteiger partial charge in [-0.05, 0) is 38.8 Å². The van der Waals surface area contributed by atoms with Crippen molar-refractivity contribution in [2.24, 2.45) is 23.0 Å². The first kappa shape index (κ1) is 29.8. The van der Waals surface area contributed by atoms with Crippen molar-refractivity contribution in [3.8, 4) is 0 Å². The van der Waals surface area contributed by atoms with Crippen LogP contribution in [-0.2, 0) is 23.8 Å². The van der Waals surface area contributed by atoms with Crippen LogP contribution in [-0.4, -0.2) is 52.0 Å². The van der Waals surface area contributed by atoms with Gasteiger partial charge in [0, 0.05) is 18.3 Å². The van der Waals surface area contributed by atoms with Crippen LogP contribution in [0.15, 0.2) is 48.1 Å². The average Bonchev–Trinajstić information content (AvgIpc) is 3.43. The number of ketones is 1. The number of nitrogens with two attached hydrogens (primary N) is 1. The zero-order chi connectivity index (χ0) is 27.4. The van der Waals surface area contributed by atoms with Gasteiger partial charge in [0.2, 0.25) is 0 Å². The summed E-state index contributed by atoms with van der Waals surface area (Å²) in [5, 5.41) is 21.6. The minimum Gasteiger partial charge on any atom is -0.468 e. The van der Waals surface area contributed by atoms with Crippen LogP contribution in [0.2, 0.25) is 0 Å². The van der Waals surface area contributed by atoms with Crippen molar-refractivity contribution in [1.29, 1.82) is 0 Å². The Balaban J connectivity index is 2.36. The Bertz CT molecular complexity index is 934. The number of cyclic esters (lactones) is 1. The number of fused-ring (bicyclic) bond motifs is 1. The molecular weight excluding hydrogens is 462 g/mol. The van der Waals surface area contributed by atoms with Crippen LogP contribution in [0.4, 0.5) is 0 Å². The van der Waals surface area contributed by atoms with Crippen LogP contribution >= 0.6 is 0 Å².